The van der Waals surface area contributed by atoms with Crippen molar-refractivity contribution in [3.63, 3.8) is 0 Å². The van der Waals surface area contributed by atoms with Gasteiger partial charge in [0.2, 0.25) is 0 Å². The topological polar surface area (TPSA) is 92.9 Å². The van der Waals surface area contributed by atoms with Crippen LogP contribution in [0.3, 0.4) is 0 Å². The number of halogens is 1. The first-order valence-electron chi connectivity index (χ1n) is 9.82. The van der Waals surface area contributed by atoms with Gasteiger partial charge in [-0.25, -0.2) is 4.79 Å². The van der Waals surface area contributed by atoms with E-state index in [9.17, 15) is 9.59 Å². The Bertz CT molecular complexity index is 1250. The number of nitrogens with zero attached hydrogens (tertiary/aromatic N) is 2. The average Bonchev–Trinajstić information content (AvgIpc) is 3.33. The molecular formula is C22H21BrN4O3. The third-order valence-electron chi connectivity index (χ3n) is 4.95. The number of carbonyl (C=O) groups is 1. The zero-order valence-electron chi connectivity index (χ0n) is 16.4. The lowest BCUT2D eigenvalue weighted by molar-refractivity contribution is 0.101. The number of H-pyrrole nitrogens is 1. The Morgan fingerprint density at radius 2 is 2.03 bits per heavy atom. The normalized spacial score (nSPS) is 11.1. The number of aromatic amines is 1. The van der Waals surface area contributed by atoms with Gasteiger partial charge in [-0.1, -0.05) is 59.1 Å². The Morgan fingerprint density at radius 3 is 2.80 bits per heavy atom. The van der Waals surface area contributed by atoms with Crippen LogP contribution in [0.1, 0.15) is 36.7 Å². The molecule has 0 fully saturated rings. The standard InChI is InChI=1S/C22H21BrN4O3/c1-2-3-6-11-27-18-8-5-4-7-14(18)12-19(27)21(28)24-17-10-9-15(23)13-16(17)20-25-22(29)30-26-20/h4-5,7-10,12-13H,2-3,6,11H2,1H3,(H,24,28)(H,25,26,29). The molecule has 0 radical (unpaired) electrons. The number of nitrogens with one attached hydrogen (secondary N) is 2. The highest BCUT2D eigenvalue weighted by Gasteiger charge is 2.18. The Morgan fingerprint density at radius 1 is 1.20 bits per heavy atom. The highest BCUT2D eigenvalue weighted by Crippen LogP contribution is 2.29. The number of anilines is 1. The number of para-hydroxylation sites is 1. The molecule has 0 aliphatic carbocycles. The van der Waals surface area contributed by atoms with Gasteiger partial charge in [-0.15, -0.1) is 0 Å². The Labute approximate surface area is 181 Å². The van der Waals surface area contributed by atoms with Crippen LogP contribution in [0.15, 0.2) is 62.3 Å². The fourth-order valence-electron chi connectivity index (χ4n) is 3.51. The van der Waals surface area contributed by atoms with Crippen LogP contribution >= 0.6 is 15.9 Å². The van der Waals surface area contributed by atoms with E-state index in [0.717, 1.165) is 41.2 Å². The summed E-state index contributed by atoms with van der Waals surface area (Å²) in [5, 5.41) is 7.74. The van der Waals surface area contributed by atoms with Gasteiger partial charge >= 0.3 is 5.76 Å². The number of hydrogen-bond donors (Lipinski definition) is 2. The summed E-state index contributed by atoms with van der Waals surface area (Å²) in [6.45, 7) is 2.93. The highest BCUT2D eigenvalue weighted by molar-refractivity contribution is 9.10. The molecule has 7 nitrogen and oxygen atoms in total. The molecule has 0 saturated carbocycles. The summed E-state index contributed by atoms with van der Waals surface area (Å²) in [5.74, 6) is -0.629. The van der Waals surface area contributed by atoms with Crippen molar-refractivity contribution in [2.45, 2.75) is 32.7 Å². The summed E-state index contributed by atoms with van der Waals surface area (Å²) in [4.78, 5) is 27.2. The molecule has 2 N–H and O–H groups in total. The van der Waals surface area contributed by atoms with Crippen molar-refractivity contribution in [2.24, 2.45) is 0 Å². The largest absolute Gasteiger partial charge is 0.439 e. The Balaban J connectivity index is 1.70. The van der Waals surface area contributed by atoms with Crippen LogP contribution in [-0.2, 0) is 6.54 Å². The first kappa shape index (κ1) is 20.2. The van der Waals surface area contributed by atoms with E-state index < -0.39 is 5.76 Å². The number of amides is 1. The quantitative estimate of drug-likeness (QED) is 0.365. The summed E-state index contributed by atoms with van der Waals surface area (Å²) in [7, 11) is 0. The molecule has 0 unspecified atom stereocenters. The predicted molar refractivity (Wildman–Crippen MR) is 120 cm³/mol. The van der Waals surface area contributed by atoms with Gasteiger partial charge in [-0.05, 0) is 36.8 Å². The monoisotopic (exact) mass is 468 g/mol. The van der Waals surface area contributed by atoms with Gasteiger partial charge in [0.15, 0.2) is 5.82 Å². The smallest absolute Gasteiger partial charge is 0.336 e. The number of unbranched alkanes of at least 4 members (excludes halogenated alkanes) is 2. The minimum atomic E-state index is -0.654. The number of aromatic nitrogens is 3. The molecule has 30 heavy (non-hydrogen) atoms. The molecule has 154 valence electrons. The van der Waals surface area contributed by atoms with Crippen LogP contribution in [0, 0.1) is 0 Å². The summed E-state index contributed by atoms with van der Waals surface area (Å²) in [6.07, 6.45) is 3.21. The van der Waals surface area contributed by atoms with Gasteiger partial charge in [0.05, 0.1) is 5.69 Å². The zero-order valence-corrected chi connectivity index (χ0v) is 18.0. The second-order valence-corrected chi connectivity index (χ2v) is 7.95. The molecule has 0 saturated heterocycles. The summed E-state index contributed by atoms with van der Waals surface area (Å²) in [6, 6.07) is 15.2. The molecule has 0 bridgehead atoms. The van der Waals surface area contributed by atoms with Crippen LogP contribution < -0.4 is 11.1 Å². The molecule has 0 aliphatic rings. The van der Waals surface area contributed by atoms with Crippen LogP contribution in [-0.4, -0.2) is 20.6 Å². The maximum absolute atomic E-state index is 13.3. The molecule has 4 aromatic rings. The van der Waals surface area contributed by atoms with E-state index >= 15 is 0 Å². The highest BCUT2D eigenvalue weighted by atomic mass is 79.9. The van der Waals surface area contributed by atoms with E-state index in [1.54, 1.807) is 12.1 Å². The van der Waals surface area contributed by atoms with Crippen molar-refractivity contribution in [3.8, 4) is 11.4 Å². The van der Waals surface area contributed by atoms with Gasteiger partial charge < -0.3 is 9.88 Å². The molecule has 2 heterocycles. The lowest BCUT2D eigenvalue weighted by Gasteiger charge is -2.13. The molecule has 1 amide bonds. The number of hydrogen-bond acceptors (Lipinski definition) is 4. The number of fused-ring (bicyclic) bond motifs is 1. The van der Waals surface area contributed by atoms with Crippen molar-refractivity contribution >= 4 is 38.4 Å². The molecule has 2 aromatic carbocycles. The first-order valence-corrected chi connectivity index (χ1v) is 10.6. The zero-order chi connectivity index (χ0) is 21.1. The minimum Gasteiger partial charge on any atom is -0.336 e. The number of benzene rings is 2. The van der Waals surface area contributed by atoms with Crippen molar-refractivity contribution in [1.29, 1.82) is 0 Å². The van der Waals surface area contributed by atoms with E-state index in [0.29, 0.717) is 16.9 Å². The third-order valence-corrected chi connectivity index (χ3v) is 5.45. The summed E-state index contributed by atoms with van der Waals surface area (Å²) >= 11 is 3.41. The Kier molecular flexibility index (Phi) is 5.85. The molecule has 0 atom stereocenters. The van der Waals surface area contributed by atoms with E-state index in [1.807, 2.05) is 36.4 Å². The third kappa shape index (κ3) is 4.09. The number of carbonyl (C=O) groups excluding carboxylic acids is 1. The van der Waals surface area contributed by atoms with Gasteiger partial charge in [-0.2, -0.15) is 0 Å². The summed E-state index contributed by atoms with van der Waals surface area (Å²) in [5.41, 5.74) is 2.71. The van der Waals surface area contributed by atoms with Crippen LogP contribution in [0.2, 0.25) is 0 Å². The van der Waals surface area contributed by atoms with Gasteiger partial charge in [0, 0.05) is 27.5 Å². The fourth-order valence-corrected chi connectivity index (χ4v) is 3.87. The minimum absolute atomic E-state index is 0.225. The van der Waals surface area contributed by atoms with Gasteiger partial charge in [0.25, 0.3) is 5.91 Å². The number of rotatable bonds is 7. The predicted octanol–water partition coefficient (Wildman–Crippen LogP) is 5.19. The lowest BCUT2D eigenvalue weighted by atomic mass is 10.1. The molecule has 4 rings (SSSR count). The lowest BCUT2D eigenvalue weighted by Crippen LogP contribution is -2.18. The van der Waals surface area contributed by atoms with E-state index in [2.05, 4.69) is 47.4 Å². The molecule has 8 heteroatoms. The molecule has 0 spiro atoms. The maximum atomic E-state index is 13.3. The van der Waals surface area contributed by atoms with Crippen LogP contribution in [0.25, 0.3) is 22.3 Å². The molecule has 0 aliphatic heterocycles. The Hall–Kier alpha value is -3.13. The van der Waals surface area contributed by atoms with Crippen molar-refractivity contribution in [3.05, 3.63) is 69.2 Å². The average molecular weight is 469 g/mol. The second kappa shape index (κ2) is 8.71. The van der Waals surface area contributed by atoms with Gasteiger partial charge in [-0.3, -0.25) is 14.3 Å². The van der Waals surface area contributed by atoms with Crippen molar-refractivity contribution < 1.29 is 9.32 Å². The van der Waals surface area contributed by atoms with E-state index in [1.165, 1.54) is 0 Å². The van der Waals surface area contributed by atoms with Crippen LogP contribution in [0.4, 0.5) is 5.69 Å². The van der Waals surface area contributed by atoms with Crippen molar-refractivity contribution in [1.82, 2.24) is 14.7 Å². The number of aryl methyl sites for hydroxylation is 1. The second-order valence-electron chi connectivity index (χ2n) is 7.03. The van der Waals surface area contributed by atoms with E-state index in [-0.39, 0.29) is 11.7 Å². The van der Waals surface area contributed by atoms with Crippen molar-refractivity contribution in [2.75, 3.05) is 5.32 Å². The fraction of sp³-hybridized carbons (Fsp3) is 0.227. The van der Waals surface area contributed by atoms with Crippen LogP contribution in [0.5, 0.6) is 0 Å². The molecular weight excluding hydrogens is 448 g/mol. The molecule has 2 aromatic heterocycles. The maximum Gasteiger partial charge on any atom is 0.439 e. The van der Waals surface area contributed by atoms with Gasteiger partial charge in [0.1, 0.15) is 5.69 Å². The van der Waals surface area contributed by atoms with E-state index in [4.69, 9.17) is 0 Å². The SMILES string of the molecule is CCCCCn1c(C(=O)Nc2ccc(Br)cc2-c2noc(=O)[nH]2)cc2ccccc21. The summed E-state index contributed by atoms with van der Waals surface area (Å²) < 4.78 is 7.48. The first-order chi connectivity index (χ1) is 14.6.